The van der Waals surface area contributed by atoms with Gasteiger partial charge in [0.2, 0.25) is 0 Å². The van der Waals surface area contributed by atoms with E-state index in [2.05, 4.69) is 15.9 Å². The van der Waals surface area contributed by atoms with Crippen LogP contribution < -0.4 is 4.74 Å². The Morgan fingerprint density at radius 1 is 1.24 bits per heavy atom. The van der Waals surface area contributed by atoms with Gasteiger partial charge in [-0.3, -0.25) is 4.79 Å². The van der Waals surface area contributed by atoms with E-state index in [1.54, 1.807) is 24.3 Å². The van der Waals surface area contributed by atoms with Crippen LogP contribution in [0.3, 0.4) is 0 Å². The molecule has 0 aliphatic carbocycles. The summed E-state index contributed by atoms with van der Waals surface area (Å²) in [4.78, 5) is 11.4. The molecule has 0 bridgehead atoms. The average Bonchev–Trinajstić information content (AvgIpc) is 2.36. The molecule has 0 radical (unpaired) electrons. The van der Waals surface area contributed by atoms with Crippen molar-refractivity contribution in [2.75, 3.05) is 5.33 Å². The number of carbonyl (C=O) groups excluding carboxylic acids is 1. The molecule has 0 aromatic heterocycles. The third-order valence-electron chi connectivity index (χ3n) is 2.23. The molecule has 1 aromatic rings. The molecule has 3 nitrogen and oxygen atoms in total. The number of esters is 1. The van der Waals surface area contributed by atoms with Crippen molar-refractivity contribution in [2.45, 2.75) is 25.7 Å². The first kappa shape index (κ1) is 13.7. The molecule has 0 saturated heterocycles. The fourth-order valence-corrected chi connectivity index (χ4v) is 1.72. The Kier molecular flexibility index (Phi) is 6.34. The van der Waals surface area contributed by atoms with Gasteiger partial charge in [-0.15, -0.1) is 0 Å². The van der Waals surface area contributed by atoms with E-state index in [-0.39, 0.29) is 5.97 Å². The summed E-state index contributed by atoms with van der Waals surface area (Å²) in [7, 11) is 0. The molecule has 4 heteroatoms. The molecule has 17 heavy (non-hydrogen) atoms. The summed E-state index contributed by atoms with van der Waals surface area (Å²) >= 11 is 3.34. The van der Waals surface area contributed by atoms with Gasteiger partial charge in [-0.2, -0.15) is 5.26 Å². The average molecular weight is 296 g/mol. The fraction of sp³-hybridized carbons (Fsp3) is 0.385. The third kappa shape index (κ3) is 5.50. The summed E-state index contributed by atoms with van der Waals surface area (Å²) in [6, 6.07) is 8.54. The van der Waals surface area contributed by atoms with Crippen molar-refractivity contribution in [1.82, 2.24) is 0 Å². The quantitative estimate of drug-likeness (QED) is 0.350. The highest BCUT2D eigenvalue weighted by atomic mass is 79.9. The maximum absolute atomic E-state index is 11.4. The van der Waals surface area contributed by atoms with Crippen molar-refractivity contribution in [2.24, 2.45) is 0 Å². The van der Waals surface area contributed by atoms with Crippen LogP contribution >= 0.6 is 15.9 Å². The van der Waals surface area contributed by atoms with Gasteiger partial charge in [-0.05, 0) is 37.1 Å². The summed E-state index contributed by atoms with van der Waals surface area (Å²) in [5.41, 5.74) is 0.558. The Hall–Kier alpha value is -1.34. The Balaban J connectivity index is 2.32. The molecule has 0 atom stereocenters. The lowest BCUT2D eigenvalue weighted by molar-refractivity contribution is -0.134. The minimum atomic E-state index is -0.218. The van der Waals surface area contributed by atoms with E-state index in [0.717, 1.165) is 24.6 Å². The van der Waals surface area contributed by atoms with Gasteiger partial charge in [0.15, 0.2) is 0 Å². The van der Waals surface area contributed by atoms with Crippen LogP contribution in [0.25, 0.3) is 0 Å². The highest BCUT2D eigenvalue weighted by molar-refractivity contribution is 9.09. The zero-order valence-electron chi connectivity index (χ0n) is 9.49. The lowest BCUT2D eigenvalue weighted by Crippen LogP contribution is -2.07. The summed E-state index contributed by atoms with van der Waals surface area (Å²) in [5, 5.41) is 9.59. The molecule has 90 valence electrons. The predicted octanol–water partition coefficient (Wildman–Crippen LogP) is 3.42. The molecule has 0 saturated carbocycles. The molecule has 0 heterocycles. The summed E-state index contributed by atoms with van der Waals surface area (Å²) in [6.45, 7) is 0. The molecule has 0 aliphatic rings. The maximum Gasteiger partial charge on any atom is 0.311 e. The normalized spacial score (nSPS) is 9.65. The molecule has 0 fully saturated rings. The Bertz CT molecular complexity index is 395. The lowest BCUT2D eigenvalue weighted by Gasteiger charge is -2.03. The highest BCUT2D eigenvalue weighted by Crippen LogP contribution is 2.13. The van der Waals surface area contributed by atoms with Crippen molar-refractivity contribution < 1.29 is 9.53 Å². The first-order valence-electron chi connectivity index (χ1n) is 5.53. The first-order valence-corrected chi connectivity index (χ1v) is 6.65. The van der Waals surface area contributed by atoms with Gasteiger partial charge >= 0.3 is 5.97 Å². The van der Waals surface area contributed by atoms with Gasteiger partial charge in [0.05, 0.1) is 11.6 Å². The van der Waals surface area contributed by atoms with Gasteiger partial charge < -0.3 is 4.74 Å². The molecular weight excluding hydrogens is 282 g/mol. The van der Waals surface area contributed by atoms with E-state index in [0.29, 0.717) is 17.7 Å². The second-order valence-corrected chi connectivity index (χ2v) is 4.40. The number of hydrogen-bond donors (Lipinski definition) is 0. The second kappa shape index (κ2) is 7.86. The maximum atomic E-state index is 11.4. The number of nitrogens with zero attached hydrogens (tertiary/aromatic N) is 1. The SMILES string of the molecule is N#Cc1ccc(OC(=O)CCCCCBr)cc1. The van der Waals surface area contributed by atoms with Crippen molar-refractivity contribution >= 4 is 21.9 Å². The molecular formula is C13H14BrNO2. The number of alkyl halides is 1. The number of rotatable bonds is 6. The van der Waals surface area contributed by atoms with Crippen LogP contribution in [0.4, 0.5) is 0 Å². The number of ether oxygens (including phenoxy) is 1. The summed E-state index contributed by atoms with van der Waals surface area (Å²) in [5.74, 6) is 0.277. The monoisotopic (exact) mass is 295 g/mol. The molecule has 1 aromatic carbocycles. The predicted molar refractivity (Wildman–Crippen MR) is 69.1 cm³/mol. The molecule has 0 N–H and O–H groups in total. The van der Waals surface area contributed by atoms with Gasteiger partial charge in [0.25, 0.3) is 0 Å². The smallest absolute Gasteiger partial charge is 0.311 e. The van der Waals surface area contributed by atoms with E-state index in [9.17, 15) is 4.79 Å². The minimum absolute atomic E-state index is 0.218. The molecule has 0 spiro atoms. The van der Waals surface area contributed by atoms with Crippen molar-refractivity contribution in [3.05, 3.63) is 29.8 Å². The van der Waals surface area contributed by atoms with Gasteiger partial charge in [-0.25, -0.2) is 0 Å². The molecule has 1 rings (SSSR count). The van der Waals surface area contributed by atoms with Crippen molar-refractivity contribution in [3.63, 3.8) is 0 Å². The minimum Gasteiger partial charge on any atom is -0.427 e. The molecule has 0 amide bonds. The second-order valence-electron chi connectivity index (χ2n) is 3.61. The molecule has 0 aliphatic heterocycles. The number of benzene rings is 1. The topological polar surface area (TPSA) is 50.1 Å². The summed E-state index contributed by atoms with van der Waals surface area (Å²) in [6.07, 6.45) is 3.38. The van der Waals surface area contributed by atoms with E-state index in [1.165, 1.54) is 0 Å². The van der Waals surface area contributed by atoms with Gasteiger partial charge in [0, 0.05) is 11.8 Å². The van der Waals surface area contributed by atoms with E-state index >= 15 is 0 Å². The van der Waals surface area contributed by atoms with E-state index in [4.69, 9.17) is 10.00 Å². The van der Waals surface area contributed by atoms with E-state index < -0.39 is 0 Å². The standard InChI is InChI=1S/C13H14BrNO2/c14-9-3-1-2-4-13(16)17-12-7-5-11(10-15)6-8-12/h5-8H,1-4,9H2. The van der Waals surface area contributed by atoms with E-state index in [1.807, 2.05) is 6.07 Å². The third-order valence-corrected chi connectivity index (χ3v) is 2.79. The van der Waals surface area contributed by atoms with Crippen LogP contribution in [0.2, 0.25) is 0 Å². The number of carbonyl (C=O) groups is 1. The van der Waals surface area contributed by atoms with Crippen LogP contribution in [-0.2, 0) is 4.79 Å². The summed E-state index contributed by atoms with van der Waals surface area (Å²) < 4.78 is 5.13. The zero-order valence-corrected chi connectivity index (χ0v) is 11.1. The Morgan fingerprint density at radius 3 is 2.53 bits per heavy atom. The first-order chi connectivity index (χ1) is 8.26. The van der Waals surface area contributed by atoms with Crippen LogP contribution in [0.1, 0.15) is 31.2 Å². The number of halogens is 1. The lowest BCUT2D eigenvalue weighted by atomic mass is 10.2. The van der Waals surface area contributed by atoms with Crippen LogP contribution in [0.15, 0.2) is 24.3 Å². The van der Waals surface area contributed by atoms with Crippen molar-refractivity contribution in [1.29, 1.82) is 5.26 Å². The number of unbranched alkanes of at least 4 members (excludes halogenated alkanes) is 2. The Morgan fingerprint density at radius 2 is 1.94 bits per heavy atom. The number of hydrogen-bond acceptors (Lipinski definition) is 3. The van der Waals surface area contributed by atoms with Crippen molar-refractivity contribution in [3.8, 4) is 11.8 Å². The zero-order chi connectivity index (χ0) is 12.5. The van der Waals surface area contributed by atoms with Crippen LogP contribution in [0, 0.1) is 11.3 Å². The Labute approximate surface area is 110 Å². The van der Waals surface area contributed by atoms with Gasteiger partial charge in [-0.1, -0.05) is 22.4 Å². The molecule has 0 unspecified atom stereocenters. The fourth-order valence-electron chi connectivity index (χ4n) is 1.32. The number of nitriles is 1. The van der Waals surface area contributed by atoms with Crippen LogP contribution in [-0.4, -0.2) is 11.3 Å². The largest absolute Gasteiger partial charge is 0.427 e. The van der Waals surface area contributed by atoms with Crippen LogP contribution in [0.5, 0.6) is 5.75 Å². The van der Waals surface area contributed by atoms with Gasteiger partial charge in [0.1, 0.15) is 5.75 Å². The highest BCUT2D eigenvalue weighted by Gasteiger charge is 2.04.